The second-order valence-electron chi connectivity index (χ2n) is 5.37. The number of nitrogens with one attached hydrogen (secondary N) is 1. The minimum atomic E-state index is -3.06. The molecule has 7 heteroatoms. The van der Waals surface area contributed by atoms with Crippen molar-refractivity contribution >= 4 is 45.0 Å². The van der Waals surface area contributed by atoms with Gasteiger partial charge in [0.1, 0.15) is 0 Å². The van der Waals surface area contributed by atoms with E-state index in [0.717, 1.165) is 0 Å². The van der Waals surface area contributed by atoms with E-state index in [4.69, 9.17) is 23.2 Å². The van der Waals surface area contributed by atoms with E-state index in [1.807, 2.05) is 0 Å². The Morgan fingerprint density at radius 3 is 2.71 bits per heavy atom. The van der Waals surface area contributed by atoms with Crippen molar-refractivity contribution in [3.05, 3.63) is 39.9 Å². The highest BCUT2D eigenvalue weighted by atomic mass is 35.5. The Balaban J connectivity index is 2.05. The van der Waals surface area contributed by atoms with Crippen LogP contribution >= 0.6 is 23.2 Å². The van der Waals surface area contributed by atoms with Crippen molar-refractivity contribution in [1.29, 1.82) is 0 Å². The Morgan fingerprint density at radius 2 is 2.10 bits per heavy atom. The summed E-state index contributed by atoms with van der Waals surface area (Å²) in [7, 11) is -3.06. The van der Waals surface area contributed by atoms with Crippen LogP contribution in [-0.4, -0.2) is 31.4 Å². The van der Waals surface area contributed by atoms with Crippen LogP contribution in [-0.2, 0) is 14.6 Å². The maximum atomic E-state index is 11.9. The van der Waals surface area contributed by atoms with Crippen LogP contribution in [0, 0.1) is 0 Å². The quantitative estimate of drug-likeness (QED) is 0.855. The summed E-state index contributed by atoms with van der Waals surface area (Å²) in [5, 5.41) is 3.52. The molecular weight excluding hydrogens is 333 g/mol. The fourth-order valence-corrected chi connectivity index (χ4v) is 4.73. The summed E-state index contributed by atoms with van der Waals surface area (Å²) in [5.74, 6) is -0.281. The molecule has 1 atom stereocenters. The third-order valence-corrected chi connectivity index (χ3v) is 6.06. The van der Waals surface area contributed by atoms with Gasteiger partial charge in [0, 0.05) is 6.08 Å². The number of carbonyl (C=O) groups excluding carboxylic acids is 1. The van der Waals surface area contributed by atoms with Gasteiger partial charge in [0.15, 0.2) is 9.84 Å². The molecule has 0 spiro atoms. The minimum Gasteiger partial charge on any atom is -0.346 e. The number of rotatable bonds is 3. The average molecular weight is 348 g/mol. The molecule has 21 heavy (non-hydrogen) atoms. The van der Waals surface area contributed by atoms with Gasteiger partial charge in [-0.2, -0.15) is 0 Å². The lowest BCUT2D eigenvalue weighted by Crippen LogP contribution is -2.46. The lowest BCUT2D eigenvalue weighted by Gasteiger charge is -2.22. The Morgan fingerprint density at radius 1 is 1.38 bits per heavy atom. The number of halogens is 2. The highest BCUT2D eigenvalue weighted by Gasteiger charge is 2.39. The zero-order valence-corrected chi connectivity index (χ0v) is 13.7. The molecule has 1 aromatic carbocycles. The average Bonchev–Trinajstić information content (AvgIpc) is 2.65. The lowest BCUT2D eigenvalue weighted by molar-refractivity contribution is -0.117. The van der Waals surface area contributed by atoms with Gasteiger partial charge in [0.05, 0.1) is 27.1 Å². The van der Waals surface area contributed by atoms with Crippen LogP contribution in [0.3, 0.4) is 0 Å². The Kier molecular flexibility index (Phi) is 4.66. The summed E-state index contributed by atoms with van der Waals surface area (Å²) >= 11 is 11.9. The Hall–Kier alpha value is -1.04. The zero-order chi connectivity index (χ0) is 15.7. The molecular formula is C14H15Cl2NO3S. The van der Waals surface area contributed by atoms with Crippen molar-refractivity contribution in [3.8, 4) is 0 Å². The summed E-state index contributed by atoms with van der Waals surface area (Å²) in [4.78, 5) is 11.9. The van der Waals surface area contributed by atoms with Crippen molar-refractivity contribution in [2.24, 2.45) is 0 Å². The molecule has 1 unspecified atom stereocenters. The van der Waals surface area contributed by atoms with Gasteiger partial charge >= 0.3 is 0 Å². The van der Waals surface area contributed by atoms with E-state index in [1.165, 1.54) is 6.08 Å². The van der Waals surface area contributed by atoms with Gasteiger partial charge in [0.2, 0.25) is 5.91 Å². The largest absolute Gasteiger partial charge is 0.346 e. The second kappa shape index (κ2) is 5.99. The first-order valence-corrected chi connectivity index (χ1v) is 8.93. The van der Waals surface area contributed by atoms with E-state index in [0.29, 0.717) is 22.0 Å². The zero-order valence-electron chi connectivity index (χ0n) is 11.4. The molecule has 1 amide bonds. The molecule has 2 rings (SSSR count). The van der Waals surface area contributed by atoms with Crippen LogP contribution in [0.1, 0.15) is 18.9 Å². The molecule has 114 valence electrons. The SMILES string of the molecule is CC1(NC(=O)C=Cc2cccc(Cl)c2Cl)CCS(=O)(=O)C1. The van der Waals surface area contributed by atoms with E-state index in [2.05, 4.69) is 5.32 Å². The van der Waals surface area contributed by atoms with Crippen LogP contribution in [0.25, 0.3) is 6.08 Å². The molecule has 1 saturated heterocycles. The van der Waals surface area contributed by atoms with Gasteiger partial charge in [-0.05, 0) is 31.1 Å². The molecule has 4 nitrogen and oxygen atoms in total. The number of sulfone groups is 1. The van der Waals surface area contributed by atoms with Gasteiger partial charge in [-0.15, -0.1) is 0 Å². The van der Waals surface area contributed by atoms with Crippen LogP contribution < -0.4 is 5.32 Å². The second-order valence-corrected chi connectivity index (χ2v) is 8.34. The van der Waals surface area contributed by atoms with Gasteiger partial charge in [-0.3, -0.25) is 4.79 Å². The number of hydrogen-bond donors (Lipinski definition) is 1. The van der Waals surface area contributed by atoms with Gasteiger partial charge in [-0.25, -0.2) is 8.42 Å². The van der Waals surface area contributed by atoms with Crippen molar-refractivity contribution in [1.82, 2.24) is 5.32 Å². The lowest BCUT2D eigenvalue weighted by atomic mass is 10.0. The van der Waals surface area contributed by atoms with E-state index in [9.17, 15) is 13.2 Å². The van der Waals surface area contributed by atoms with Gasteiger partial charge in [-0.1, -0.05) is 35.3 Å². The van der Waals surface area contributed by atoms with Crippen molar-refractivity contribution in [2.75, 3.05) is 11.5 Å². The fourth-order valence-electron chi connectivity index (χ4n) is 2.26. The van der Waals surface area contributed by atoms with Crippen LogP contribution in [0.15, 0.2) is 24.3 Å². The summed E-state index contributed by atoms with van der Waals surface area (Å²) in [6.07, 6.45) is 3.30. The van der Waals surface area contributed by atoms with Gasteiger partial charge < -0.3 is 5.32 Å². The molecule has 1 aromatic rings. The normalized spacial score (nSPS) is 24.3. The Bertz CT molecular complexity index is 700. The Labute approximate surface area is 134 Å². The third kappa shape index (κ3) is 4.22. The molecule has 1 aliphatic heterocycles. The minimum absolute atomic E-state index is 0.0303. The maximum absolute atomic E-state index is 11.9. The summed E-state index contributed by atoms with van der Waals surface area (Å²) in [5.41, 5.74) is -0.0817. The fraction of sp³-hybridized carbons (Fsp3) is 0.357. The van der Waals surface area contributed by atoms with Crippen molar-refractivity contribution in [2.45, 2.75) is 18.9 Å². The number of benzene rings is 1. The molecule has 0 saturated carbocycles. The van der Waals surface area contributed by atoms with Crippen molar-refractivity contribution in [3.63, 3.8) is 0 Å². The third-order valence-electron chi connectivity index (χ3n) is 3.32. The van der Waals surface area contributed by atoms with E-state index in [-0.39, 0.29) is 17.4 Å². The van der Waals surface area contributed by atoms with Crippen LogP contribution in [0.2, 0.25) is 10.0 Å². The molecule has 0 aromatic heterocycles. The molecule has 1 aliphatic rings. The van der Waals surface area contributed by atoms with E-state index in [1.54, 1.807) is 31.2 Å². The standard InChI is InChI=1S/C14H15Cl2NO3S/c1-14(7-8-21(19,20)9-14)17-12(18)6-5-10-3-2-4-11(15)13(10)16/h2-6H,7-9H2,1H3,(H,17,18). The summed E-state index contributed by atoms with van der Waals surface area (Å²) in [6, 6.07) is 5.13. The molecule has 1 heterocycles. The predicted molar refractivity (Wildman–Crippen MR) is 85.3 cm³/mol. The van der Waals surface area contributed by atoms with Crippen LogP contribution in [0.4, 0.5) is 0 Å². The predicted octanol–water partition coefficient (Wildman–Crippen LogP) is 2.70. The van der Waals surface area contributed by atoms with Gasteiger partial charge in [0.25, 0.3) is 0 Å². The molecule has 1 N–H and O–H groups in total. The number of hydrogen-bond acceptors (Lipinski definition) is 3. The first-order valence-electron chi connectivity index (χ1n) is 6.35. The van der Waals surface area contributed by atoms with Crippen LogP contribution in [0.5, 0.6) is 0 Å². The molecule has 1 fully saturated rings. The van der Waals surface area contributed by atoms with E-state index < -0.39 is 15.4 Å². The smallest absolute Gasteiger partial charge is 0.244 e. The maximum Gasteiger partial charge on any atom is 0.244 e. The first-order chi connectivity index (χ1) is 9.71. The first kappa shape index (κ1) is 16.3. The topological polar surface area (TPSA) is 63.2 Å². The number of amides is 1. The molecule has 0 bridgehead atoms. The summed E-state index contributed by atoms with van der Waals surface area (Å²) < 4.78 is 23.0. The summed E-state index contributed by atoms with van der Waals surface area (Å²) in [6.45, 7) is 1.73. The highest BCUT2D eigenvalue weighted by molar-refractivity contribution is 7.91. The van der Waals surface area contributed by atoms with Crippen molar-refractivity contribution < 1.29 is 13.2 Å². The number of carbonyl (C=O) groups is 1. The van der Waals surface area contributed by atoms with E-state index >= 15 is 0 Å². The highest BCUT2D eigenvalue weighted by Crippen LogP contribution is 2.26. The molecule has 0 aliphatic carbocycles. The molecule has 0 radical (unpaired) electrons. The monoisotopic (exact) mass is 347 g/mol.